The normalized spacial score (nSPS) is 17.7. The summed E-state index contributed by atoms with van der Waals surface area (Å²) in [5.74, 6) is 0.203. The molecule has 1 aliphatic carbocycles. The summed E-state index contributed by atoms with van der Waals surface area (Å²) in [5, 5.41) is 9.19. The van der Waals surface area contributed by atoms with Crippen LogP contribution in [0.4, 0.5) is 11.4 Å². The molecule has 2 aromatic carbocycles. The first kappa shape index (κ1) is 17.7. The zero-order chi connectivity index (χ0) is 18.3. The van der Waals surface area contributed by atoms with Gasteiger partial charge in [0.15, 0.2) is 0 Å². The molecular weight excluding hydrogens is 365 g/mol. The Morgan fingerprint density at radius 2 is 1.50 bits per heavy atom. The molecule has 1 spiro atoms. The van der Waals surface area contributed by atoms with Crippen molar-refractivity contribution in [1.82, 2.24) is 0 Å². The van der Waals surface area contributed by atoms with E-state index in [0.29, 0.717) is 13.0 Å². The number of hydrogen-bond acceptors (Lipinski definition) is 2. The average molecular weight is 388 g/mol. The number of hydrogen-bond donors (Lipinski definition) is 2. The fourth-order valence-electron chi connectivity index (χ4n) is 4.70. The summed E-state index contributed by atoms with van der Waals surface area (Å²) in [6, 6.07) is 12.4. The van der Waals surface area contributed by atoms with Crippen LogP contribution >= 0.6 is 23.2 Å². The minimum absolute atomic E-state index is 0.0224. The van der Waals surface area contributed by atoms with Crippen LogP contribution in [0.15, 0.2) is 36.4 Å². The van der Waals surface area contributed by atoms with Gasteiger partial charge in [-0.25, -0.2) is 0 Å². The predicted molar refractivity (Wildman–Crippen MR) is 110 cm³/mol. The Kier molecular flexibility index (Phi) is 4.62. The lowest BCUT2D eigenvalue weighted by atomic mass is 9.63. The third-order valence-corrected chi connectivity index (χ3v) is 6.31. The smallest absolute Gasteiger partial charge is 0.0923 e. The predicted octanol–water partition coefficient (Wildman–Crippen LogP) is 6.02. The summed E-state index contributed by atoms with van der Waals surface area (Å²) in [6.45, 7) is 0.675. The van der Waals surface area contributed by atoms with Crippen molar-refractivity contribution >= 4 is 40.4 Å². The Morgan fingerprint density at radius 3 is 2.00 bits per heavy atom. The van der Waals surface area contributed by atoms with E-state index in [4.69, 9.17) is 34.3 Å². The molecule has 0 aromatic heterocycles. The Hall–Kier alpha value is -1.71. The highest BCUT2D eigenvalue weighted by molar-refractivity contribution is 6.31. The molecule has 1 heterocycles. The summed E-state index contributed by atoms with van der Waals surface area (Å²) < 4.78 is 0. The van der Waals surface area contributed by atoms with Gasteiger partial charge < -0.3 is 10.6 Å². The number of halogens is 2. The molecule has 1 fully saturated rings. The summed E-state index contributed by atoms with van der Waals surface area (Å²) in [4.78, 5) is 2.28. The third kappa shape index (κ3) is 2.87. The molecular formula is C21H23Cl2N3. The van der Waals surface area contributed by atoms with E-state index in [1.54, 1.807) is 0 Å². The molecule has 2 aromatic rings. The van der Waals surface area contributed by atoms with Crippen LogP contribution in [0.5, 0.6) is 0 Å². The summed E-state index contributed by atoms with van der Waals surface area (Å²) >= 11 is 12.8. The van der Waals surface area contributed by atoms with E-state index in [9.17, 15) is 0 Å². The van der Waals surface area contributed by atoms with E-state index in [1.807, 2.05) is 12.1 Å². The van der Waals surface area contributed by atoms with Gasteiger partial charge in [0.1, 0.15) is 0 Å². The van der Waals surface area contributed by atoms with Gasteiger partial charge in [0.05, 0.1) is 5.84 Å². The van der Waals surface area contributed by atoms with Crippen LogP contribution in [0.3, 0.4) is 0 Å². The number of benzene rings is 2. The first-order chi connectivity index (χ1) is 12.5. The zero-order valence-corrected chi connectivity index (χ0v) is 16.2. The van der Waals surface area contributed by atoms with E-state index >= 15 is 0 Å². The highest BCUT2D eigenvalue weighted by Crippen LogP contribution is 2.56. The average Bonchev–Trinajstić information content (AvgIpc) is 2.63. The van der Waals surface area contributed by atoms with Crippen LogP contribution in [0.25, 0.3) is 0 Å². The lowest BCUT2D eigenvalue weighted by Crippen LogP contribution is -2.39. The highest BCUT2D eigenvalue weighted by Gasteiger charge is 2.44. The van der Waals surface area contributed by atoms with Crippen molar-refractivity contribution in [3.05, 3.63) is 57.6 Å². The van der Waals surface area contributed by atoms with Gasteiger partial charge in [-0.1, -0.05) is 42.5 Å². The van der Waals surface area contributed by atoms with Crippen molar-refractivity contribution in [2.24, 2.45) is 5.73 Å². The second kappa shape index (κ2) is 6.79. The van der Waals surface area contributed by atoms with Crippen LogP contribution in [0, 0.1) is 5.41 Å². The highest BCUT2D eigenvalue weighted by atomic mass is 35.5. The van der Waals surface area contributed by atoms with Crippen molar-refractivity contribution in [1.29, 1.82) is 5.41 Å². The van der Waals surface area contributed by atoms with Crippen LogP contribution in [-0.4, -0.2) is 12.4 Å². The van der Waals surface area contributed by atoms with E-state index in [-0.39, 0.29) is 11.3 Å². The van der Waals surface area contributed by atoms with Gasteiger partial charge in [0, 0.05) is 39.8 Å². The maximum atomic E-state index is 7.65. The van der Waals surface area contributed by atoms with Gasteiger partial charge in [-0.2, -0.15) is 0 Å². The molecule has 0 bridgehead atoms. The minimum atomic E-state index is -0.0224. The topological polar surface area (TPSA) is 53.1 Å². The van der Waals surface area contributed by atoms with Crippen LogP contribution in [0.2, 0.25) is 10.0 Å². The number of amidine groups is 1. The summed E-state index contributed by atoms with van der Waals surface area (Å²) in [6.07, 6.45) is 6.47. The van der Waals surface area contributed by atoms with Crippen molar-refractivity contribution in [2.75, 3.05) is 11.4 Å². The fourth-order valence-corrected chi connectivity index (χ4v) is 5.04. The molecule has 0 unspecified atom stereocenters. The summed E-state index contributed by atoms with van der Waals surface area (Å²) in [7, 11) is 0. The zero-order valence-electron chi connectivity index (χ0n) is 14.7. The number of nitrogens with one attached hydrogen (secondary N) is 1. The SMILES string of the molecule is N=C(N)CCN1c2ccc(Cl)cc2C2(CCCCC2)c2cc(Cl)ccc21. The van der Waals surface area contributed by atoms with Crippen molar-refractivity contribution in [3.63, 3.8) is 0 Å². The van der Waals surface area contributed by atoms with E-state index < -0.39 is 0 Å². The quantitative estimate of drug-likeness (QED) is 0.499. The number of nitrogens with two attached hydrogens (primary N) is 1. The lowest BCUT2D eigenvalue weighted by Gasteiger charge is -2.47. The van der Waals surface area contributed by atoms with Gasteiger partial charge in [0.2, 0.25) is 0 Å². The van der Waals surface area contributed by atoms with Crippen molar-refractivity contribution in [2.45, 2.75) is 43.9 Å². The molecule has 3 N–H and O–H groups in total. The maximum absolute atomic E-state index is 7.65. The standard InChI is InChI=1S/C21H23Cl2N3/c22-14-4-6-18-16(12-14)21(9-2-1-3-10-21)17-13-15(23)5-7-19(17)26(18)11-8-20(24)25/h4-7,12-13H,1-3,8-11H2,(H3,24,25). The molecule has 0 saturated heterocycles. The Bertz CT molecular complexity index is 801. The monoisotopic (exact) mass is 387 g/mol. The Balaban J connectivity index is 1.94. The molecule has 26 heavy (non-hydrogen) atoms. The van der Waals surface area contributed by atoms with Gasteiger partial charge in [-0.15, -0.1) is 0 Å². The van der Waals surface area contributed by atoms with E-state index in [1.165, 1.54) is 41.8 Å². The Morgan fingerprint density at radius 1 is 0.962 bits per heavy atom. The molecule has 0 amide bonds. The number of fused-ring (bicyclic) bond motifs is 4. The minimum Gasteiger partial charge on any atom is -0.388 e. The first-order valence-corrected chi connectivity index (χ1v) is 9.97. The molecule has 136 valence electrons. The van der Waals surface area contributed by atoms with Crippen LogP contribution in [-0.2, 0) is 5.41 Å². The number of anilines is 2. The fraction of sp³-hybridized carbons (Fsp3) is 0.381. The third-order valence-electron chi connectivity index (χ3n) is 5.84. The molecule has 5 heteroatoms. The van der Waals surface area contributed by atoms with Gasteiger partial charge in [-0.3, -0.25) is 5.41 Å². The second-order valence-electron chi connectivity index (χ2n) is 7.39. The number of nitrogens with zero attached hydrogens (tertiary/aromatic N) is 1. The van der Waals surface area contributed by atoms with Crippen LogP contribution < -0.4 is 10.6 Å². The molecule has 4 rings (SSSR count). The molecule has 2 aliphatic rings. The first-order valence-electron chi connectivity index (χ1n) is 9.22. The van der Waals surface area contributed by atoms with Crippen molar-refractivity contribution < 1.29 is 0 Å². The second-order valence-corrected chi connectivity index (χ2v) is 8.27. The van der Waals surface area contributed by atoms with Crippen molar-refractivity contribution in [3.8, 4) is 0 Å². The number of rotatable bonds is 3. The lowest BCUT2D eigenvalue weighted by molar-refractivity contribution is 0.343. The van der Waals surface area contributed by atoms with Gasteiger partial charge in [0.25, 0.3) is 0 Å². The van der Waals surface area contributed by atoms with E-state index in [2.05, 4.69) is 29.2 Å². The van der Waals surface area contributed by atoms with Gasteiger partial charge >= 0.3 is 0 Å². The van der Waals surface area contributed by atoms with E-state index in [0.717, 1.165) is 22.9 Å². The molecule has 0 atom stereocenters. The Labute approximate surface area is 164 Å². The van der Waals surface area contributed by atoms with Gasteiger partial charge in [-0.05, 0) is 60.4 Å². The maximum Gasteiger partial charge on any atom is 0.0923 e. The van der Waals surface area contributed by atoms with Crippen LogP contribution in [0.1, 0.15) is 49.7 Å². The largest absolute Gasteiger partial charge is 0.388 e. The molecule has 1 saturated carbocycles. The molecule has 3 nitrogen and oxygen atoms in total. The summed E-state index contributed by atoms with van der Waals surface area (Å²) in [5.41, 5.74) is 10.6. The molecule has 1 aliphatic heterocycles. The molecule has 0 radical (unpaired) electrons.